The van der Waals surface area contributed by atoms with Gasteiger partial charge < -0.3 is 0 Å². The molecule has 0 saturated heterocycles. The number of nitrogens with one attached hydrogen (secondary N) is 1. The van der Waals surface area contributed by atoms with Crippen molar-refractivity contribution in [2.24, 2.45) is 0 Å². The second kappa shape index (κ2) is 6.44. The van der Waals surface area contributed by atoms with Crippen molar-refractivity contribution in [2.75, 3.05) is 0 Å². The van der Waals surface area contributed by atoms with Crippen LogP contribution in [-0.4, -0.2) is 8.42 Å². The van der Waals surface area contributed by atoms with E-state index in [-0.39, 0.29) is 4.90 Å². The molecule has 0 aromatic heterocycles. The fourth-order valence-corrected chi connectivity index (χ4v) is 4.23. The third-order valence-electron chi connectivity index (χ3n) is 3.55. The summed E-state index contributed by atoms with van der Waals surface area (Å²) in [5.74, 6) is 0. The minimum atomic E-state index is -3.70. The monoisotopic (exact) mass is 392 g/mol. The molecule has 4 nitrogen and oxygen atoms in total. The maximum atomic E-state index is 12.7. The lowest BCUT2D eigenvalue weighted by Gasteiger charge is -2.27. The maximum Gasteiger partial charge on any atom is 0.241 e. The summed E-state index contributed by atoms with van der Waals surface area (Å²) < 4.78 is 29.1. The van der Waals surface area contributed by atoms with Crippen LogP contribution >= 0.6 is 15.9 Å². The molecule has 0 heterocycles. The fraction of sp³-hybridized carbons (Fsp3) is 0.235. The van der Waals surface area contributed by atoms with Crippen LogP contribution < -0.4 is 4.72 Å². The Morgan fingerprint density at radius 2 is 1.74 bits per heavy atom. The summed E-state index contributed by atoms with van der Waals surface area (Å²) in [6, 6.07) is 14.0. The maximum absolute atomic E-state index is 12.7. The molecule has 0 aliphatic carbocycles. The SMILES string of the molecule is Cc1cc(C#N)ccc1S(=O)(=O)NC(C)(C)c1ccc(Br)cc1. The Morgan fingerprint density at radius 1 is 1.13 bits per heavy atom. The van der Waals surface area contributed by atoms with Crippen molar-refractivity contribution in [3.05, 3.63) is 63.6 Å². The fourth-order valence-electron chi connectivity index (χ4n) is 2.34. The quantitative estimate of drug-likeness (QED) is 0.858. The topological polar surface area (TPSA) is 70.0 Å². The van der Waals surface area contributed by atoms with E-state index in [9.17, 15) is 8.42 Å². The molecule has 0 spiro atoms. The standard InChI is InChI=1S/C17H17BrN2O2S/c1-12-10-13(11-19)4-9-16(12)23(21,22)20-17(2,3)14-5-7-15(18)8-6-14/h4-10,20H,1-3H3. The first-order chi connectivity index (χ1) is 10.7. The Labute approximate surface area is 145 Å². The third-order valence-corrected chi connectivity index (χ3v) is 5.89. The highest BCUT2D eigenvalue weighted by Crippen LogP contribution is 2.26. The van der Waals surface area contributed by atoms with E-state index in [2.05, 4.69) is 20.7 Å². The summed E-state index contributed by atoms with van der Waals surface area (Å²) in [5.41, 5.74) is 1.08. The molecule has 0 saturated carbocycles. The van der Waals surface area contributed by atoms with Gasteiger partial charge in [-0.05, 0) is 62.2 Å². The van der Waals surface area contributed by atoms with Crippen molar-refractivity contribution >= 4 is 26.0 Å². The van der Waals surface area contributed by atoms with Gasteiger partial charge in [0, 0.05) is 4.47 Å². The van der Waals surface area contributed by atoms with Gasteiger partial charge in [-0.3, -0.25) is 0 Å². The average Bonchev–Trinajstić information content (AvgIpc) is 2.46. The summed E-state index contributed by atoms with van der Waals surface area (Å²) >= 11 is 3.37. The van der Waals surface area contributed by atoms with Crippen LogP contribution in [0.2, 0.25) is 0 Å². The molecule has 0 aliphatic heterocycles. The van der Waals surface area contributed by atoms with Gasteiger partial charge >= 0.3 is 0 Å². The van der Waals surface area contributed by atoms with Crippen LogP contribution in [0.5, 0.6) is 0 Å². The Kier molecular flexibility index (Phi) is 4.95. The van der Waals surface area contributed by atoms with E-state index in [1.807, 2.05) is 44.2 Å². The zero-order valence-corrected chi connectivity index (χ0v) is 15.5. The molecule has 0 amide bonds. The van der Waals surface area contributed by atoms with E-state index < -0.39 is 15.6 Å². The van der Waals surface area contributed by atoms with Gasteiger partial charge in [0.05, 0.1) is 22.1 Å². The molecule has 0 atom stereocenters. The summed E-state index contributed by atoms with van der Waals surface area (Å²) in [5, 5.41) is 8.89. The first kappa shape index (κ1) is 17.7. The lowest BCUT2D eigenvalue weighted by atomic mass is 9.96. The zero-order chi connectivity index (χ0) is 17.3. The van der Waals surface area contributed by atoms with Crippen LogP contribution in [0.25, 0.3) is 0 Å². The predicted molar refractivity (Wildman–Crippen MR) is 93.4 cm³/mol. The molecule has 120 valence electrons. The minimum absolute atomic E-state index is 0.182. The Balaban J connectivity index is 2.37. The highest BCUT2D eigenvalue weighted by Gasteiger charge is 2.28. The molecule has 1 N–H and O–H groups in total. The van der Waals surface area contributed by atoms with Crippen LogP contribution in [0.4, 0.5) is 0 Å². The number of benzene rings is 2. The van der Waals surface area contributed by atoms with Gasteiger partial charge in [-0.2, -0.15) is 5.26 Å². The van der Waals surface area contributed by atoms with Crippen molar-refractivity contribution in [2.45, 2.75) is 31.2 Å². The molecule has 6 heteroatoms. The van der Waals surface area contributed by atoms with E-state index in [1.165, 1.54) is 12.1 Å². The van der Waals surface area contributed by atoms with Gasteiger partial charge in [0.25, 0.3) is 0 Å². The van der Waals surface area contributed by atoms with Gasteiger partial charge in [0.1, 0.15) is 0 Å². The van der Waals surface area contributed by atoms with Crippen LogP contribution in [0.1, 0.15) is 30.5 Å². The molecular weight excluding hydrogens is 376 g/mol. The molecule has 0 fully saturated rings. The Bertz CT molecular complexity index is 866. The zero-order valence-electron chi connectivity index (χ0n) is 13.1. The molecule has 0 radical (unpaired) electrons. The number of hydrogen-bond donors (Lipinski definition) is 1. The Morgan fingerprint density at radius 3 is 2.26 bits per heavy atom. The normalized spacial score (nSPS) is 12.0. The first-order valence-electron chi connectivity index (χ1n) is 6.96. The molecule has 2 rings (SSSR count). The molecule has 0 bridgehead atoms. The molecule has 0 aliphatic rings. The smallest absolute Gasteiger partial charge is 0.207 e. The van der Waals surface area contributed by atoms with Gasteiger partial charge in [-0.1, -0.05) is 28.1 Å². The van der Waals surface area contributed by atoms with Crippen LogP contribution in [0.15, 0.2) is 51.8 Å². The van der Waals surface area contributed by atoms with E-state index in [4.69, 9.17) is 5.26 Å². The van der Waals surface area contributed by atoms with Gasteiger partial charge in [-0.15, -0.1) is 0 Å². The van der Waals surface area contributed by atoms with E-state index in [0.29, 0.717) is 11.1 Å². The summed E-state index contributed by atoms with van der Waals surface area (Å²) in [6.07, 6.45) is 0. The Hall–Kier alpha value is -1.68. The highest BCUT2D eigenvalue weighted by molar-refractivity contribution is 9.10. The number of halogens is 1. The number of aryl methyl sites for hydroxylation is 1. The first-order valence-corrected chi connectivity index (χ1v) is 9.24. The lowest BCUT2D eigenvalue weighted by Crippen LogP contribution is -2.41. The minimum Gasteiger partial charge on any atom is -0.207 e. The lowest BCUT2D eigenvalue weighted by molar-refractivity contribution is 0.472. The largest absolute Gasteiger partial charge is 0.241 e. The van der Waals surface area contributed by atoms with Gasteiger partial charge in [0.2, 0.25) is 10.0 Å². The molecule has 2 aromatic rings. The van der Waals surface area contributed by atoms with Crippen molar-refractivity contribution in [1.29, 1.82) is 5.26 Å². The molecule has 23 heavy (non-hydrogen) atoms. The van der Waals surface area contributed by atoms with E-state index in [0.717, 1.165) is 10.0 Å². The van der Waals surface area contributed by atoms with Crippen molar-refractivity contribution in [3.63, 3.8) is 0 Å². The van der Waals surface area contributed by atoms with Crippen molar-refractivity contribution in [3.8, 4) is 6.07 Å². The highest BCUT2D eigenvalue weighted by atomic mass is 79.9. The number of sulfonamides is 1. The molecular formula is C17H17BrN2O2S. The van der Waals surface area contributed by atoms with Crippen molar-refractivity contribution in [1.82, 2.24) is 4.72 Å². The number of rotatable bonds is 4. The van der Waals surface area contributed by atoms with Crippen molar-refractivity contribution < 1.29 is 8.42 Å². The second-order valence-corrected chi connectivity index (χ2v) is 8.40. The number of nitrogens with zero attached hydrogens (tertiary/aromatic N) is 1. The summed E-state index contributed by atoms with van der Waals surface area (Å²) in [6.45, 7) is 5.31. The van der Waals surface area contributed by atoms with Crippen LogP contribution in [0.3, 0.4) is 0 Å². The van der Waals surface area contributed by atoms with Crippen LogP contribution in [0, 0.1) is 18.3 Å². The molecule has 0 unspecified atom stereocenters. The summed E-state index contributed by atoms with van der Waals surface area (Å²) in [7, 11) is -3.70. The van der Waals surface area contributed by atoms with Crippen LogP contribution in [-0.2, 0) is 15.6 Å². The van der Waals surface area contributed by atoms with Gasteiger partial charge in [-0.25, -0.2) is 13.1 Å². The summed E-state index contributed by atoms with van der Waals surface area (Å²) in [4.78, 5) is 0.182. The van der Waals surface area contributed by atoms with E-state index >= 15 is 0 Å². The van der Waals surface area contributed by atoms with E-state index in [1.54, 1.807) is 13.0 Å². The molecule has 2 aromatic carbocycles. The average molecular weight is 393 g/mol. The number of nitriles is 1. The second-order valence-electron chi connectivity index (χ2n) is 5.83. The van der Waals surface area contributed by atoms with Gasteiger partial charge in [0.15, 0.2) is 0 Å². The number of hydrogen-bond acceptors (Lipinski definition) is 3. The predicted octanol–water partition coefficient (Wildman–Crippen LogP) is 3.84. The third kappa shape index (κ3) is 3.99.